The summed E-state index contributed by atoms with van der Waals surface area (Å²) in [6, 6.07) is 9.46. The van der Waals surface area contributed by atoms with Gasteiger partial charge in [-0.05, 0) is 72.5 Å². The molecule has 3 heteroatoms. The predicted molar refractivity (Wildman–Crippen MR) is 85.9 cm³/mol. The molecule has 0 radical (unpaired) electrons. The van der Waals surface area contributed by atoms with Crippen LogP contribution in [0.1, 0.15) is 37.7 Å². The molecule has 19 heavy (non-hydrogen) atoms. The van der Waals surface area contributed by atoms with E-state index in [0.29, 0.717) is 12.0 Å². The number of rotatable bonds is 3. The fourth-order valence-electron chi connectivity index (χ4n) is 3.78. The van der Waals surface area contributed by atoms with E-state index in [-0.39, 0.29) is 6.10 Å². The van der Waals surface area contributed by atoms with Crippen LogP contribution in [-0.4, -0.2) is 28.7 Å². The summed E-state index contributed by atoms with van der Waals surface area (Å²) in [5.41, 5.74) is 1.40. The van der Waals surface area contributed by atoms with Gasteiger partial charge in [0.15, 0.2) is 0 Å². The van der Waals surface area contributed by atoms with Crippen LogP contribution in [0, 0.1) is 9.49 Å². The number of nitrogens with zero attached hydrogens (tertiary/aromatic N) is 1. The van der Waals surface area contributed by atoms with Crippen LogP contribution in [0.15, 0.2) is 24.3 Å². The van der Waals surface area contributed by atoms with Crippen LogP contribution in [-0.2, 0) is 6.54 Å². The number of likely N-dealkylation sites (tertiary alicyclic amines) is 1. The quantitative estimate of drug-likeness (QED) is 0.824. The Bertz CT molecular complexity index is 419. The molecule has 0 bridgehead atoms. The van der Waals surface area contributed by atoms with Gasteiger partial charge in [-0.2, -0.15) is 0 Å². The largest absolute Gasteiger partial charge is 0.393 e. The van der Waals surface area contributed by atoms with E-state index in [0.717, 1.165) is 13.0 Å². The molecule has 2 nitrogen and oxygen atoms in total. The summed E-state index contributed by atoms with van der Waals surface area (Å²) < 4.78 is 1.30. The molecule has 3 unspecified atom stereocenters. The summed E-state index contributed by atoms with van der Waals surface area (Å²) in [5, 5.41) is 10.1. The van der Waals surface area contributed by atoms with Crippen molar-refractivity contribution in [3.8, 4) is 0 Å². The Balaban J connectivity index is 1.67. The minimum Gasteiger partial charge on any atom is -0.393 e. The zero-order valence-electron chi connectivity index (χ0n) is 11.3. The molecule has 0 spiro atoms. The first-order valence-electron chi connectivity index (χ1n) is 7.40. The number of aliphatic hydroxyl groups is 1. The lowest BCUT2D eigenvalue weighted by molar-refractivity contribution is 0.0719. The van der Waals surface area contributed by atoms with Gasteiger partial charge in [0, 0.05) is 22.1 Å². The Morgan fingerprint density at radius 1 is 1.11 bits per heavy atom. The molecule has 1 N–H and O–H groups in total. The van der Waals surface area contributed by atoms with Gasteiger partial charge < -0.3 is 5.11 Å². The van der Waals surface area contributed by atoms with E-state index in [4.69, 9.17) is 0 Å². The number of aliphatic hydroxyl groups excluding tert-OH is 1. The molecule has 0 aromatic heterocycles. The Hall–Kier alpha value is -0.130. The third-order valence-electron chi connectivity index (χ3n) is 4.74. The highest BCUT2D eigenvalue weighted by Gasteiger charge is 2.37. The topological polar surface area (TPSA) is 23.5 Å². The highest BCUT2D eigenvalue weighted by Crippen LogP contribution is 2.36. The number of hydrogen-bond acceptors (Lipinski definition) is 2. The Labute approximate surface area is 129 Å². The molecule has 3 rings (SSSR count). The lowest BCUT2D eigenvalue weighted by Crippen LogP contribution is -2.38. The summed E-state index contributed by atoms with van der Waals surface area (Å²) in [7, 11) is 0. The molecule has 1 saturated heterocycles. The van der Waals surface area contributed by atoms with Crippen LogP contribution in [0.3, 0.4) is 0 Å². The van der Waals surface area contributed by atoms with Gasteiger partial charge in [-0.1, -0.05) is 18.6 Å². The van der Waals surface area contributed by atoms with Crippen molar-refractivity contribution >= 4 is 22.6 Å². The summed E-state index contributed by atoms with van der Waals surface area (Å²) >= 11 is 2.35. The predicted octanol–water partition coefficient (Wildman–Crippen LogP) is 3.42. The molecule has 104 valence electrons. The Morgan fingerprint density at radius 3 is 2.58 bits per heavy atom. The van der Waals surface area contributed by atoms with Gasteiger partial charge in [-0.3, -0.25) is 4.90 Å². The minimum absolute atomic E-state index is 0.0534. The van der Waals surface area contributed by atoms with Gasteiger partial charge in [-0.25, -0.2) is 0 Å². The molecule has 1 aliphatic carbocycles. The molecule has 1 aromatic rings. The fourth-order valence-corrected chi connectivity index (χ4v) is 4.13. The molecule has 1 saturated carbocycles. The van der Waals surface area contributed by atoms with E-state index in [9.17, 15) is 5.11 Å². The maximum atomic E-state index is 10.1. The average molecular weight is 371 g/mol. The molecular weight excluding hydrogens is 349 g/mol. The highest BCUT2D eigenvalue weighted by atomic mass is 127. The lowest BCUT2D eigenvalue weighted by atomic mass is 9.94. The third kappa shape index (κ3) is 3.14. The number of benzene rings is 1. The smallest absolute Gasteiger partial charge is 0.0583 e. The first-order chi connectivity index (χ1) is 9.24. The Kier molecular flexibility index (Phi) is 4.44. The van der Waals surface area contributed by atoms with Crippen molar-refractivity contribution in [3.05, 3.63) is 33.4 Å². The molecule has 1 aliphatic heterocycles. The zero-order chi connectivity index (χ0) is 13.2. The van der Waals surface area contributed by atoms with Crippen molar-refractivity contribution in [2.45, 2.75) is 50.8 Å². The molecule has 1 aromatic carbocycles. The second-order valence-electron chi connectivity index (χ2n) is 5.97. The summed E-state index contributed by atoms with van der Waals surface area (Å²) in [4.78, 5) is 2.60. The van der Waals surface area contributed by atoms with E-state index in [1.54, 1.807) is 0 Å². The van der Waals surface area contributed by atoms with Gasteiger partial charge in [-0.15, -0.1) is 0 Å². The van der Waals surface area contributed by atoms with Gasteiger partial charge in [0.1, 0.15) is 0 Å². The maximum absolute atomic E-state index is 10.1. The number of hydrogen-bond donors (Lipinski definition) is 1. The van der Waals surface area contributed by atoms with Crippen LogP contribution in [0.2, 0.25) is 0 Å². The van der Waals surface area contributed by atoms with E-state index in [1.165, 1.54) is 41.4 Å². The molecule has 1 heterocycles. The van der Waals surface area contributed by atoms with Crippen LogP contribution in [0.5, 0.6) is 0 Å². The first kappa shape index (κ1) is 13.8. The fraction of sp³-hybridized carbons (Fsp3) is 0.625. The zero-order valence-corrected chi connectivity index (χ0v) is 13.4. The monoisotopic (exact) mass is 371 g/mol. The molecule has 0 amide bonds. The van der Waals surface area contributed by atoms with Crippen molar-refractivity contribution < 1.29 is 5.11 Å². The second-order valence-corrected chi connectivity index (χ2v) is 7.21. The van der Waals surface area contributed by atoms with Gasteiger partial charge in [0.2, 0.25) is 0 Å². The van der Waals surface area contributed by atoms with Crippen molar-refractivity contribution in [2.75, 3.05) is 6.54 Å². The van der Waals surface area contributed by atoms with Gasteiger partial charge >= 0.3 is 0 Å². The summed E-state index contributed by atoms with van der Waals surface area (Å²) in [6.07, 6.45) is 5.94. The van der Waals surface area contributed by atoms with Crippen molar-refractivity contribution in [1.29, 1.82) is 0 Å². The van der Waals surface area contributed by atoms with Crippen molar-refractivity contribution in [3.63, 3.8) is 0 Å². The van der Waals surface area contributed by atoms with Crippen molar-refractivity contribution in [2.24, 2.45) is 5.92 Å². The van der Waals surface area contributed by atoms with Crippen LogP contribution in [0.4, 0.5) is 0 Å². The normalized spacial score (nSPS) is 32.0. The molecule has 2 aliphatic rings. The summed E-state index contributed by atoms with van der Waals surface area (Å²) in [5.74, 6) is 0.520. The molecular formula is C16H22INO. The number of halogens is 1. The third-order valence-corrected chi connectivity index (χ3v) is 5.46. The summed E-state index contributed by atoms with van der Waals surface area (Å²) in [6.45, 7) is 2.24. The van der Waals surface area contributed by atoms with E-state index < -0.39 is 0 Å². The highest BCUT2D eigenvalue weighted by molar-refractivity contribution is 14.1. The minimum atomic E-state index is -0.0534. The van der Waals surface area contributed by atoms with Gasteiger partial charge in [0.25, 0.3) is 0 Å². The van der Waals surface area contributed by atoms with Crippen LogP contribution in [0.25, 0.3) is 0 Å². The van der Waals surface area contributed by atoms with E-state index >= 15 is 0 Å². The average Bonchev–Trinajstić information content (AvgIpc) is 3.01. The first-order valence-corrected chi connectivity index (χ1v) is 8.48. The van der Waals surface area contributed by atoms with Crippen molar-refractivity contribution in [1.82, 2.24) is 4.90 Å². The maximum Gasteiger partial charge on any atom is 0.0583 e. The van der Waals surface area contributed by atoms with Crippen LogP contribution >= 0.6 is 22.6 Å². The molecule has 3 atom stereocenters. The second kappa shape index (κ2) is 6.10. The van der Waals surface area contributed by atoms with E-state index in [1.807, 2.05) is 0 Å². The SMILES string of the molecule is OC1CCCC1C1CCCN1Cc1ccc(I)cc1. The molecule has 2 fully saturated rings. The van der Waals surface area contributed by atoms with E-state index in [2.05, 4.69) is 51.8 Å². The standard InChI is InChI=1S/C16H22INO/c17-13-8-6-12(7-9-13)11-18-10-2-4-15(18)14-3-1-5-16(14)19/h6-9,14-16,19H,1-5,10-11H2. The van der Waals surface area contributed by atoms with Crippen LogP contribution < -0.4 is 0 Å². The Morgan fingerprint density at radius 2 is 1.89 bits per heavy atom. The lowest BCUT2D eigenvalue weighted by Gasteiger charge is -2.31. The van der Waals surface area contributed by atoms with Gasteiger partial charge in [0.05, 0.1) is 6.10 Å².